The van der Waals surface area contributed by atoms with Gasteiger partial charge in [0.25, 0.3) is 5.91 Å². The van der Waals surface area contributed by atoms with E-state index >= 15 is 0 Å². The number of carboxylic acids is 1. The lowest BCUT2D eigenvalue weighted by atomic mass is 9.99. The van der Waals surface area contributed by atoms with Gasteiger partial charge >= 0.3 is 5.97 Å². The van der Waals surface area contributed by atoms with Gasteiger partial charge in [0.1, 0.15) is 0 Å². The summed E-state index contributed by atoms with van der Waals surface area (Å²) in [5, 5.41) is 9.21. The summed E-state index contributed by atoms with van der Waals surface area (Å²) >= 11 is 0. The first-order valence-corrected chi connectivity index (χ1v) is 7.18. The fraction of sp³-hybridized carbons (Fsp3) is 0.222. The lowest BCUT2D eigenvalue weighted by molar-refractivity contribution is 0.0692. The number of rotatable bonds is 2. The van der Waals surface area contributed by atoms with Gasteiger partial charge in [-0.25, -0.2) is 4.79 Å². The Labute approximate surface area is 129 Å². The molecular formula is C18H17NO3. The van der Waals surface area contributed by atoms with E-state index in [1.165, 1.54) is 11.1 Å². The minimum Gasteiger partial charge on any atom is -0.478 e. The van der Waals surface area contributed by atoms with E-state index in [4.69, 9.17) is 0 Å². The van der Waals surface area contributed by atoms with Crippen LogP contribution in [0.25, 0.3) is 0 Å². The second-order valence-corrected chi connectivity index (χ2v) is 5.72. The third-order valence-corrected chi connectivity index (χ3v) is 4.12. The summed E-state index contributed by atoms with van der Waals surface area (Å²) < 4.78 is 0. The maximum Gasteiger partial charge on any atom is 0.336 e. The van der Waals surface area contributed by atoms with Crippen LogP contribution in [0.3, 0.4) is 0 Å². The number of carboxylic acid groups (broad SMARTS) is 1. The highest BCUT2D eigenvalue weighted by Crippen LogP contribution is 2.25. The first-order valence-electron chi connectivity index (χ1n) is 7.18. The highest BCUT2D eigenvalue weighted by molar-refractivity contribution is 5.98. The molecule has 2 aromatic rings. The lowest BCUT2D eigenvalue weighted by Crippen LogP contribution is -2.25. The van der Waals surface area contributed by atoms with Crippen molar-refractivity contribution in [2.24, 2.45) is 0 Å². The number of carbonyl (C=O) groups is 2. The minimum atomic E-state index is -0.956. The molecular weight excluding hydrogens is 278 g/mol. The minimum absolute atomic E-state index is 0.0562. The molecule has 0 aliphatic carbocycles. The molecule has 2 aromatic carbocycles. The van der Waals surface area contributed by atoms with Gasteiger partial charge < -0.3 is 10.0 Å². The Kier molecular flexibility index (Phi) is 3.45. The molecule has 1 aliphatic rings. The van der Waals surface area contributed by atoms with Crippen molar-refractivity contribution in [1.82, 2.24) is 4.90 Å². The Balaban J connectivity index is 1.90. The molecule has 4 nitrogen and oxygen atoms in total. The molecule has 0 unspecified atom stereocenters. The SMILES string of the molecule is Cc1cc(C(=O)N2Cc3ccccc3C2)cc(C)c1C(=O)O. The van der Waals surface area contributed by atoms with E-state index in [1.807, 2.05) is 24.3 Å². The van der Waals surface area contributed by atoms with Gasteiger partial charge in [-0.15, -0.1) is 0 Å². The second kappa shape index (κ2) is 5.30. The van der Waals surface area contributed by atoms with Crippen LogP contribution < -0.4 is 0 Å². The van der Waals surface area contributed by atoms with Crippen molar-refractivity contribution >= 4 is 11.9 Å². The number of amides is 1. The van der Waals surface area contributed by atoms with E-state index in [9.17, 15) is 14.7 Å². The third kappa shape index (κ3) is 2.37. The van der Waals surface area contributed by atoms with Gasteiger partial charge in [-0.05, 0) is 48.2 Å². The van der Waals surface area contributed by atoms with Crippen LogP contribution in [-0.2, 0) is 13.1 Å². The second-order valence-electron chi connectivity index (χ2n) is 5.72. The molecule has 112 valence electrons. The van der Waals surface area contributed by atoms with Crippen molar-refractivity contribution in [3.63, 3.8) is 0 Å². The summed E-state index contributed by atoms with van der Waals surface area (Å²) in [4.78, 5) is 25.7. The van der Waals surface area contributed by atoms with Crippen molar-refractivity contribution < 1.29 is 14.7 Å². The third-order valence-electron chi connectivity index (χ3n) is 4.12. The summed E-state index contributed by atoms with van der Waals surface area (Å²) in [7, 11) is 0. The smallest absolute Gasteiger partial charge is 0.336 e. The quantitative estimate of drug-likeness (QED) is 0.926. The van der Waals surface area contributed by atoms with Crippen molar-refractivity contribution in [1.29, 1.82) is 0 Å². The molecule has 0 bridgehead atoms. The van der Waals surface area contributed by atoms with Crippen molar-refractivity contribution in [2.75, 3.05) is 0 Å². The van der Waals surface area contributed by atoms with E-state index in [2.05, 4.69) is 0 Å². The molecule has 0 aromatic heterocycles. The first kappa shape index (κ1) is 14.3. The maximum absolute atomic E-state index is 12.7. The highest BCUT2D eigenvalue weighted by Gasteiger charge is 2.25. The summed E-state index contributed by atoms with van der Waals surface area (Å²) in [5.74, 6) is -1.01. The molecule has 0 saturated carbocycles. The summed E-state index contributed by atoms with van der Waals surface area (Å²) in [6.07, 6.45) is 0. The van der Waals surface area contributed by atoms with E-state index in [1.54, 1.807) is 30.9 Å². The van der Waals surface area contributed by atoms with Crippen molar-refractivity contribution in [2.45, 2.75) is 26.9 Å². The number of carbonyl (C=O) groups excluding carboxylic acids is 1. The fourth-order valence-electron chi connectivity index (χ4n) is 3.08. The Bertz CT molecular complexity index is 732. The van der Waals surface area contributed by atoms with Gasteiger partial charge in [0.2, 0.25) is 0 Å². The number of aromatic carboxylic acids is 1. The first-order chi connectivity index (χ1) is 10.5. The molecule has 0 spiro atoms. The van der Waals surface area contributed by atoms with Crippen molar-refractivity contribution in [3.8, 4) is 0 Å². The van der Waals surface area contributed by atoms with Crippen LogP contribution in [0.4, 0.5) is 0 Å². The monoisotopic (exact) mass is 295 g/mol. The zero-order valence-corrected chi connectivity index (χ0v) is 12.6. The molecule has 4 heteroatoms. The molecule has 0 saturated heterocycles. The van der Waals surface area contributed by atoms with Crippen LogP contribution in [0.15, 0.2) is 36.4 Å². The molecule has 1 heterocycles. The number of hydrogen-bond acceptors (Lipinski definition) is 2. The van der Waals surface area contributed by atoms with Crippen LogP contribution in [0.2, 0.25) is 0 Å². The molecule has 22 heavy (non-hydrogen) atoms. The van der Waals surface area contributed by atoms with Gasteiger partial charge in [-0.3, -0.25) is 4.79 Å². The normalized spacial score (nSPS) is 13.1. The molecule has 0 fully saturated rings. The summed E-state index contributed by atoms with van der Waals surface area (Å²) in [6.45, 7) is 4.67. The maximum atomic E-state index is 12.7. The van der Waals surface area contributed by atoms with Crippen LogP contribution in [0.5, 0.6) is 0 Å². The summed E-state index contributed by atoms with van der Waals surface area (Å²) in [5.41, 5.74) is 4.41. The van der Waals surface area contributed by atoms with Gasteiger partial charge in [0, 0.05) is 18.7 Å². The van der Waals surface area contributed by atoms with E-state index < -0.39 is 5.97 Å². The molecule has 1 aliphatic heterocycles. The average molecular weight is 295 g/mol. The zero-order valence-electron chi connectivity index (χ0n) is 12.6. The molecule has 0 atom stereocenters. The van der Waals surface area contributed by atoms with Crippen LogP contribution in [0, 0.1) is 13.8 Å². The summed E-state index contributed by atoms with van der Waals surface area (Å²) in [6, 6.07) is 11.4. The standard InChI is InChI=1S/C18H17NO3/c1-11-7-15(8-12(2)16(11)18(21)22)17(20)19-9-13-5-3-4-6-14(13)10-19/h3-8H,9-10H2,1-2H3,(H,21,22). The van der Waals surface area contributed by atoms with Crippen LogP contribution in [-0.4, -0.2) is 21.9 Å². The number of aryl methyl sites for hydroxylation is 2. The largest absolute Gasteiger partial charge is 0.478 e. The predicted octanol–water partition coefficient (Wildman–Crippen LogP) is 3.16. The Morgan fingerprint density at radius 1 is 1.00 bits per heavy atom. The van der Waals surface area contributed by atoms with Crippen LogP contribution in [0.1, 0.15) is 43.0 Å². The van der Waals surface area contributed by atoms with E-state index in [0.29, 0.717) is 29.8 Å². The zero-order chi connectivity index (χ0) is 15.9. The predicted molar refractivity (Wildman–Crippen MR) is 82.9 cm³/mol. The Morgan fingerprint density at radius 3 is 1.95 bits per heavy atom. The number of hydrogen-bond donors (Lipinski definition) is 1. The number of benzene rings is 2. The van der Waals surface area contributed by atoms with E-state index in [0.717, 1.165) is 0 Å². The van der Waals surface area contributed by atoms with Gasteiger partial charge in [0.05, 0.1) is 5.56 Å². The molecule has 3 rings (SSSR count). The van der Waals surface area contributed by atoms with Gasteiger partial charge in [0.15, 0.2) is 0 Å². The van der Waals surface area contributed by atoms with E-state index in [-0.39, 0.29) is 11.5 Å². The Hall–Kier alpha value is -2.62. The fourth-order valence-corrected chi connectivity index (χ4v) is 3.08. The topological polar surface area (TPSA) is 57.6 Å². The number of nitrogens with zero attached hydrogens (tertiary/aromatic N) is 1. The average Bonchev–Trinajstić information content (AvgIpc) is 2.89. The van der Waals surface area contributed by atoms with Gasteiger partial charge in [-0.2, -0.15) is 0 Å². The number of fused-ring (bicyclic) bond motifs is 1. The van der Waals surface area contributed by atoms with Crippen molar-refractivity contribution in [3.05, 3.63) is 69.8 Å². The molecule has 0 radical (unpaired) electrons. The molecule has 1 N–H and O–H groups in total. The Morgan fingerprint density at radius 2 is 1.50 bits per heavy atom. The lowest BCUT2D eigenvalue weighted by Gasteiger charge is -2.17. The van der Waals surface area contributed by atoms with Gasteiger partial charge in [-0.1, -0.05) is 24.3 Å². The highest BCUT2D eigenvalue weighted by atomic mass is 16.4. The molecule has 1 amide bonds. The van der Waals surface area contributed by atoms with Crippen LogP contribution >= 0.6 is 0 Å².